The molecular weight excluding hydrogens is 260 g/mol. The van der Waals surface area contributed by atoms with Gasteiger partial charge in [0.2, 0.25) is 5.76 Å². The summed E-state index contributed by atoms with van der Waals surface area (Å²) in [5.74, 6) is -0.557. The Morgan fingerprint density at radius 2 is 2.05 bits per heavy atom. The molecule has 2 rings (SSSR count). The molecular formula is C13H16N2O3Si. The van der Waals surface area contributed by atoms with E-state index >= 15 is 0 Å². The molecule has 6 heteroatoms. The fourth-order valence-corrected chi connectivity index (χ4v) is 2.09. The summed E-state index contributed by atoms with van der Waals surface area (Å²) in [4.78, 5) is 10.9. The predicted octanol–water partition coefficient (Wildman–Crippen LogP) is 1.94. The molecule has 1 aromatic heterocycles. The summed E-state index contributed by atoms with van der Waals surface area (Å²) in [7, 11) is -0.999. The molecule has 0 atom stereocenters. The molecule has 0 aliphatic heterocycles. The van der Waals surface area contributed by atoms with Crippen LogP contribution in [-0.4, -0.2) is 20.1 Å². The number of primary amides is 1. The van der Waals surface area contributed by atoms with Crippen LogP contribution in [0, 0.1) is 0 Å². The third kappa shape index (κ3) is 3.52. The molecule has 0 fully saturated rings. The smallest absolute Gasteiger partial charge is 0.287 e. The van der Waals surface area contributed by atoms with Gasteiger partial charge in [0.25, 0.3) is 5.91 Å². The van der Waals surface area contributed by atoms with Gasteiger partial charge in [0.05, 0.1) is 6.61 Å². The lowest BCUT2D eigenvalue weighted by molar-refractivity contribution is 0.0965. The highest BCUT2D eigenvalue weighted by molar-refractivity contribution is 6.48. The Labute approximate surface area is 113 Å². The van der Waals surface area contributed by atoms with Gasteiger partial charge >= 0.3 is 0 Å². The van der Waals surface area contributed by atoms with Gasteiger partial charge in [0, 0.05) is 11.6 Å². The number of nitrogens with two attached hydrogens (primary N) is 1. The first-order valence-corrected chi connectivity index (χ1v) is 8.82. The third-order valence-electron chi connectivity index (χ3n) is 2.59. The Morgan fingerprint density at radius 3 is 2.58 bits per heavy atom. The largest absolute Gasteiger partial charge is 0.416 e. The van der Waals surface area contributed by atoms with Crippen LogP contribution in [0.3, 0.4) is 0 Å². The highest BCUT2D eigenvalue weighted by atomic mass is 28.3. The maximum atomic E-state index is 10.9. The van der Waals surface area contributed by atoms with Gasteiger partial charge in [0.15, 0.2) is 9.04 Å². The average Bonchev–Trinajstić information content (AvgIpc) is 2.86. The van der Waals surface area contributed by atoms with Crippen LogP contribution in [0.4, 0.5) is 0 Å². The number of rotatable bonds is 5. The van der Waals surface area contributed by atoms with Crippen LogP contribution in [0.2, 0.25) is 13.1 Å². The quantitative estimate of drug-likeness (QED) is 0.846. The van der Waals surface area contributed by atoms with Crippen LogP contribution >= 0.6 is 0 Å². The van der Waals surface area contributed by atoms with Crippen molar-refractivity contribution in [2.24, 2.45) is 5.73 Å². The lowest BCUT2D eigenvalue weighted by Gasteiger charge is -2.06. The van der Waals surface area contributed by atoms with Crippen LogP contribution in [-0.2, 0) is 11.0 Å². The Balaban J connectivity index is 2.10. The predicted molar refractivity (Wildman–Crippen MR) is 74.1 cm³/mol. The molecule has 0 spiro atoms. The Hall–Kier alpha value is -1.92. The number of carbonyl (C=O) groups excluding carboxylic acids is 1. The van der Waals surface area contributed by atoms with Crippen molar-refractivity contribution in [3.05, 3.63) is 41.7 Å². The molecule has 0 unspecified atom stereocenters. The summed E-state index contributed by atoms with van der Waals surface area (Å²) >= 11 is 0. The van der Waals surface area contributed by atoms with Crippen molar-refractivity contribution >= 4 is 14.9 Å². The van der Waals surface area contributed by atoms with E-state index in [4.69, 9.17) is 14.7 Å². The van der Waals surface area contributed by atoms with Gasteiger partial charge in [-0.2, -0.15) is 0 Å². The first-order chi connectivity index (χ1) is 9.06. The molecule has 0 aliphatic rings. The topological polar surface area (TPSA) is 78.4 Å². The molecule has 19 heavy (non-hydrogen) atoms. The van der Waals surface area contributed by atoms with Crippen LogP contribution in [0.15, 0.2) is 34.9 Å². The Kier molecular flexibility index (Phi) is 4.13. The van der Waals surface area contributed by atoms with Crippen LogP contribution in [0.25, 0.3) is 11.3 Å². The minimum atomic E-state index is -0.999. The molecule has 0 saturated carbocycles. The number of benzene rings is 1. The van der Waals surface area contributed by atoms with E-state index in [2.05, 4.69) is 18.3 Å². The van der Waals surface area contributed by atoms with Crippen LogP contribution in [0.1, 0.15) is 16.1 Å². The normalized spacial score (nSPS) is 10.9. The van der Waals surface area contributed by atoms with E-state index in [1.165, 1.54) is 6.07 Å². The first kappa shape index (κ1) is 13.5. The maximum absolute atomic E-state index is 10.9. The fraction of sp³-hybridized carbons (Fsp3) is 0.231. The number of hydrogen-bond donors (Lipinski definition) is 1. The second-order valence-electron chi connectivity index (χ2n) is 4.50. The molecule has 2 N–H and O–H groups in total. The van der Waals surface area contributed by atoms with Crippen molar-refractivity contribution in [3.8, 4) is 11.3 Å². The van der Waals surface area contributed by atoms with Gasteiger partial charge < -0.3 is 14.7 Å². The average molecular weight is 276 g/mol. The van der Waals surface area contributed by atoms with E-state index in [0.29, 0.717) is 12.3 Å². The lowest BCUT2D eigenvalue weighted by atomic mass is 10.1. The summed E-state index contributed by atoms with van der Waals surface area (Å²) in [6.07, 6.45) is 0. The first-order valence-electron chi connectivity index (χ1n) is 6.03. The van der Waals surface area contributed by atoms with Gasteiger partial charge in [-0.1, -0.05) is 29.4 Å². The number of amides is 1. The maximum Gasteiger partial charge on any atom is 0.287 e. The molecule has 100 valence electrons. The molecule has 5 nitrogen and oxygen atoms in total. The zero-order valence-corrected chi connectivity index (χ0v) is 12.1. The number of carbonyl (C=O) groups is 1. The van der Waals surface area contributed by atoms with Crippen molar-refractivity contribution in [2.75, 3.05) is 0 Å². The molecule has 0 aliphatic carbocycles. The molecule has 2 aromatic rings. The minimum absolute atomic E-state index is 0.0632. The van der Waals surface area contributed by atoms with E-state index in [-0.39, 0.29) is 5.76 Å². The van der Waals surface area contributed by atoms with Crippen molar-refractivity contribution in [2.45, 2.75) is 19.7 Å². The van der Waals surface area contributed by atoms with E-state index < -0.39 is 14.9 Å². The van der Waals surface area contributed by atoms with Gasteiger partial charge in [-0.25, -0.2) is 0 Å². The number of nitrogens with zero attached hydrogens (tertiary/aromatic N) is 1. The fourth-order valence-electron chi connectivity index (χ4n) is 1.56. The molecule has 1 heterocycles. The third-order valence-corrected chi connectivity index (χ3v) is 3.42. The van der Waals surface area contributed by atoms with Crippen molar-refractivity contribution in [3.63, 3.8) is 0 Å². The van der Waals surface area contributed by atoms with Crippen molar-refractivity contribution < 1.29 is 13.7 Å². The zero-order chi connectivity index (χ0) is 13.8. The molecule has 0 saturated heterocycles. The standard InChI is InChI=1S/C13H16N2O3Si/c1-19(2)17-8-9-3-5-10(6-4-9)11-7-12(13(14)16)18-15-11/h3-7,19H,8H2,1-2H3,(H2,14,16). The Bertz CT molecular complexity index is 564. The van der Waals surface area contributed by atoms with Crippen molar-refractivity contribution in [1.29, 1.82) is 0 Å². The number of hydrogen-bond acceptors (Lipinski definition) is 4. The SMILES string of the molecule is C[SiH](C)OCc1ccc(-c2cc(C(N)=O)on2)cc1. The van der Waals surface area contributed by atoms with Crippen LogP contribution in [0.5, 0.6) is 0 Å². The summed E-state index contributed by atoms with van der Waals surface area (Å²) in [5.41, 5.74) is 7.70. The highest BCUT2D eigenvalue weighted by Gasteiger charge is 2.10. The summed E-state index contributed by atoms with van der Waals surface area (Å²) < 4.78 is 10.5. The van der Waals surface area contributed by atoms with Gasteiger partial charge in [-0.05, 0) is 18.7 Å². The van der Waals surface area contributed by atoms with Gasteiger partial charge in [0.1, 0.15) is 5.69 Å². The summed E-state index contributed by atoms with van der Waals surface area (Å²) in [5, 5.41) is 3.81. The summed E-state index contributed by atoms with van der Waals surface area (Å²) in [6, 6.07) is 9.33. The van der Waals surface area contributed by atoms with E-state index in [0.717, 1.165) is 11.1 Å². The molecule has 1 amide bonds. The molecule has 0 radical (unpaired) electrons. The van der Waals surface area contributed by atoms with Gasteiger partial charge in [-0.3, -0.25) is 4.79 Å². The lowest BCUT2D eigenvalue weighted by Crippen LogP contribution is -2.09. The minimum Gasteiger partial charge on any atom is -0.416 e. The van der Waals surface area contributed by atoms with E-state index in [1.807, 2.05) is 24.3 Å². The molecule has 0 bridgehead atoms. The molecule has 1 aromatic carbocycles. The van der Waals surface area contributed by atoms with Crippen molar-refractivity contribution in [1.82, 2.24) is 5.16 Å². The van der Waals surface area contributed by atoms with E-state index in [9.17, 15) is 4.79 Å². The zero-order valence-electron chi connectivity index (χ0n) is 10.9. The van der Waals surface area contributed by atoms with Gasteiger partial charge in [-0.15, -0.1) is 0 Å². The monoisotopic (exact) mass is 276 g/mol. The van der Waals surface area contributed by atoms with Crippen LogP contribution < -0.4 is 5.73 Å². The number of aromatic nitrogens is 1. The summed E-state index contributed by atoms with van der Waals surface area (Å²) in [6.45, 7) is 4.90. The Morgan fingerprint density at radius 1 is 1.37 bits per heavy atom. The highest BCUT2D eigenvalue weighted by Crippen LogP contribution is 2.19. The second kappa shape index (κ2) is 5.81. The van der Waals surface area contributed by atoms with E-state index in [1.54, 1.807) is 0 Å². The second-order valence-corrected chi connectivity index (χ2v) is 6.93.